The SMILES string of the molecule is O=C(C=Cc1ccsc1)N1CCN(S(=O)(=O)c2cccs2)CC1. The molecule has 23 heavy (non-hydrogen) atoms. The Kier molecular flexibility index (Phi) is 4.96. The molecule has 0 aliphatic carbocycles. The van der Waals surface area contributed by atoms with Crippen molar-refractivity contribution >= 4 is 44.7 Å². The van der Waals surface area contributed by atoms with E-state index < -0.39 is 10.0 Å². The van der Waals surface area contributed by atoms with Crippen LogP contribution in [0, 0.1) is 0 Å². The van der Waals surface area contributed by atoms with Crippen LogP contribution in [0.4, 0.5) is 0 Å². The predicted octanol–water partition coefficient (Wildman–Crippen LogP) is 2.36. The number of nitrogens with zero attached hydrogens (tertiary/aromatic N) is 2. The number of carbonyl (C=O) groups excluding carboxylic acids is 1. The van der Waals surface area contributed by atoms with E-state index in [4.69, 9.17) is 0 Å². The zero-order chi connectivity index (χ0) is 16.3. The van der Waals surface area contributed by atoms with Crippen molar-refractivity contribution in [2.45, 2.75) is 4.21 Å². The number of carbonyl (C=O) groups is 1. The van der Waals surface area contributed by atoms with E-state index in [1.807, 2.05) is 16.8 Å². The van der Waals surface area contributed by atoms with Gasteiger partial charge in [0.05, 0.1) is 0 Å². The van der Waals surface area contributed by atoms with E-state index in [-0.39, 0.29) is 5.91 Å². The summed E-state index contributed by atoms with van der Waals surface area (Å²) in [6.07, 6.45) is 3.33. The molecule has 1 aliphatic rings. The number of hydrogen-bond acceptors (Lipinski definition) is 5. The van der Waals surface area contributed by atoms with Crippen LogP contribution in [0.1, 0.15) is 5.56 Å². The second kappa shape index (κ2) is 6.96. The molecule has 0 radical (unpaired) electrons. The number of sulfonamides is 1. The monoisotopic (exact) mass is 368 g/mol. The highest BCUT2D eigenvalue weighted by molar-refractivity contribution is 7.91. The topological polar surface area (TPSA) is 57.7 Å². The number of thiophene rings is 2. The molecule has 1 amide bonds. The van der Waals surface area contributed by atoms with Crippen molar-refractivity contribution in [1.82, 2.24) is 9.21 Å². The second-order valence-electron chi connectivity index (χ2n) is 5.05. The molecule has 0 aromatic carbocycles. The van der Waals surface area contributed by atoms with Gasteiger partial charge in [0.15, 0.2) is 0 Å². The third-order valence-corrected chi connectivity index (χ3v) is 7.57. The standard InChI is InChI=1S/C15H16N2O3S3/c18-14(4-3-13-5-11-21-12-13)16-6-8-17(9-7-16)23(19,20)15-2-1-10-22-15/h1-5,10-12H,6-9H2. The second-order valence-corrected chi connectivity index (χ2v) is 8.94. The van der Waals surface area contributed by atoms with Gasteiger partial charge in [-0.15, -0.1) is 11.3 Å². The van der Waals surface area contributed by atoms with Crippen molar-refractivity contribution in [2.24, 2.45) is 0 Å². The summed E-state index contributed by atoms with van der Waals surface area (Å²) in [4.78, 5) is 13.8. The maximum Gasteiger partial charge on any atom is 0.252 e. The number of rotatable bonds is 4. The van der Waals surface area contributed by atoms with Crippen LogP contribution in [-0.2, 0) is 14.8 Å². The van der Waals surface area contributed by atoms with E-state index in [2.05, 4.69) is 0 Å². The van der Waals surface area contributed by atoms with Gasteiger partial charge in [0, 0.05) is 32.3 Å². The molecular weight excluding hydrogens is 352 g/mol. The van der Waals surface area contributed by atoms with Crippen molar-refractivity contribution in [1.29, 1.82) is 0 Å². The fraction of sp³-hybridized carbons (Fsp3) is 0.267. The molecule has 0 saturated carbocycles. The zero-order valence-corrected chi connectivity index (χ0v) is 14.7. The normalized spacial score (nSPS) is 17.0. The van der Waals surface area contributed by atoms with Gasteiger partial charge in [-0.1, -0.05) is 6.07 Å². The fourth-order valence-electron chi connectivity index (χ4n) is 2.33. The van der Waals surface area contributed by atoms with Gasteiger partial charge in [0.1, 0.15) is 4.21 Å². The van der Waals surface area contributed by atoms with Gasteiger partial charge in [0.2, 0.25) is 5.91 Å². The third kappa shape index (κ3) is 3.72. The van der Waals surface area contributed by atoms with E-state index >= 15 is 0 Å². The van der Waals surface area contributed by atoms with Crippen LogP contribution >= 0.6 is 22.7 Å². The summed E-state index contributed by atoms with van der Waals surface area (Å²) in [5.74, 6) is -0.0793. The van der Waals surface area contributed by atoms with Crippen molar-refractivity contribution in [3.05, 3.63) is 46.0 Å². The Hall–Kier alpha value is -1.48. The molecule has 0 spiro atoms. The first-order chi connectivity index (χ1) is 11.1. The summed E-state index contributed by atoms with van der Waals surface area (Å²) in [6.45, 7) is 1.49. The van der Waals surface area contributed by atoms with Gasteiger partial charge in [-0.2, -0.15) is 15.6 Å². The predicted molar refractivity (Wildman–Crippen MR) is 93.0 cm³/mol. The molecule has 2 aromatic rings. The summed E-state index contributed by atoms with van der Waals surface area (Å²) in [5, 5.41) is 5.68. The third-order valence-electron chi connectivity index (χ3n) is 3.60. The smallest absolute Gasteiger partial charge is 0.252 e. The molecule has 8 heteroatoms. The summed E-state index contributed by atoms with van der Waals surface area (Å²) >= 11 is 2.80. The molecular formula is C15H16N2O3S3. The van der Waals surface area contributed by atoms with Crippen molar-refractivity contribution < 1.29 is 13.2 Å². The van der Waals surface area contributed by atoms with E-state index in [1.54, 1.807) is 45.9 Å². The highest BCUT2D eigenvalue weighted by Crippen LogP contribution is 2.22. The molecule has 0 unspecified atom stereocenters. The average molecular weight is 369 g/mol. The molecule has 2 aromatic heterocycles. The van der Waals surface area contributed by atoms with Crippen molar-refractivity contribution in [2.75, 3.05) is 26.2 Å². The number of piperazine rings is 1. The first kappa shape index (κ1) is 16.4. The Bertz CT molecular complexity index is 772. The first-order valence-electron chi connectivity index (χ1n) is 7.10. The molecule has 0 bridgehead atoms. The van der Waals surface area contributed by atoms with Gasteiger partial charge in [0.25, 0.3) is 10.0 Å². The Morgan fingerprint density at radius 1 is 1.13 bits per heavy atom. The summed E-state index contributed by atoms with van der Waals surface area (Å²) in [5.41, 5.74) is 1.00. The average Bonchev–Trinajstić information content (AvgIpc) is 3.26. The Balaban J connectivity index is 1.59. The maximum atomic E-state index is 12.4. The van der Waals surface area contributed by atoms with Crippen LogP contribution in [-0.4, -0.2) is 49.7 Å². The summed E-state index contributed by atoms with van der Waals surface area (Å²) < 4.78 is 26.7. The molecule has 1 fully saturated rings. The minimum atomic E-state index is -3.42. The lowest BCUT2D eigenvalue weighted by molar-refractivity contribution is -0.127. The van der Waals surface area contributed by atoms with E-state index in [0.29, 0.717) is 30.4 Å². The molecule has 0 atom stereocenters. The lowest BCUT2D eigenvalue weighted by atomic mass is 10.3. The van der Waals surface area contributed by atoms with Gasteiger partial charge in [-0.05, 0) is 39.9 Å². The minimum Gasteiger partial charge on any atom is -0.337 e. The largest absolute Gasteiger partial charge is 0.337 e. The molecule has 1 saturated heterocycles. The van der Waals surface area contributed by atoms with E-state index in [9.17, 15) is 13.2 Å². The molecule has 3 rings (SSSR count). The molecule has 1 aliphatic heterocycles. The Morgan fingerprint density at radius 3 is 2.52 bits per heavy atom. The van der Waals surface area contributed by atoms with Crippen LogP contribution in [0.15, 0.2) is 44.6 Å². The maximum absolute atomic E-state index is 12.4. The Morgan fingerprint density at radius 2 is 1.91 bits per heavy atom. The van der Waals surface area contributed by atoms with Crippen LogP contribution in [0.2, 0.25) is 0 Å². The van der Waals surface area contributed by atoms with Gasteiger partial charge < -0.3 is 4.90 Å². The highest BCUT2D eigenvalue weighted by Gasteiger charge is 2.30. The zero-order valence-electron chi connectivity index (χ0n) is 12.3. The highest BCUT2D eigenvalue weighted by atomic mass is 32.2. The molecule has 122 valence electrons. The van der Waals surface area contributed by atoms with Gasteiger partial charge in [-0.3, -0.25) is 4.79 Å². The molecule has 5 nitrogen and oxygen atoms in total. The fourth-order valence-corrected chi connectivity index (χ4v) is 5.52. The quantitative estimate of drug-likeness (QED) is 0.779. The van der Waals surface area contributed by atoms with Crippen LogP contribution < -0.4 is 0 Å². The van der Waals surface area contributed by atoms with Crippen molar-refractivity contribution in [3.63, 3.8) is 0 Å². The number of hydrogen-bond donors (Lipinski definition) is 0. The lowest BCUT2D eigenvalue weighted by Crippen LogP contribution is -2.50. The van der Waals surface area contributed by atoms with Crippen LogP contribution in [0.3, 0.4) is 0 Å². The molecule has 3 heterocycles. The Labute approximate surface area is 143 Å². The minimum absolute atomic E-state index is 0.0793. The summed E-state index contributed by atoms with van der Waals surface area (Å²) in [7, 11) is -3.42. The first-order valence-corrected chi connectivity index (χ1v) is 10.4. The van der Waals surface area contributed by atoms with Crippen molar-refractivity contribution in [3.8, 4) is 0 Å². The molecule has 0 N–H and O–H groups in total. The van der Waals surface area contributed by atoms with Gasteiger partial charge >= 0.3 is 0 Å². The summed E-state index contributed by atoms with van der Waals surface area (Å²) in [6, 6.07) is 5.29. The van der Waals surface area contributed by atoms with Gasteiger partial charge in [-0.25, -0.2) is 8.42 Å². The van der Waals surface area contributed by atoms with Crippen LogP contribution in [0.25, 0.3) is 6.08 Å². The number of amides is 1. The van der Waals surface area contributed by atoms with E-state index in [1.165, 1.54) is 15.6 Å². The van der Waals surface area contributed by atoms with Crippen LogP contribution in [0.5, 0.6) is 0 Å². The van der Waals surface area contributed by atoms with E-state index in [0.717, 1.165) is 5.56 Å². The lowest BCUT2D eigenvalue weighted by Gasteiger charge is -2.33.